The van der Waals surface area contributed by atoms with Crippen molar-refractivity contribution in [1.29, 1.82) is 0 Å². The van der Waals surface area contributed by atoms with Crippen LogP contribution >= 0.6 is 0 Å². The summed E-state index contributed by atoms with van der Waals surface area (Å²) in [5.41, 5.74) is -0.519. The smallest absolute Gasteiger partial charge is 0.273 e. The number of nitro benzene ring substituents is 1. The molecule has 0 aliphatic heterocycles. The van der Waals surface area contributed by atoms with Gasteiger partial charge in [-0.25, -0.2) is 4.39 Å². The first-order valence-electron chi connectivity index (χ1n) is 6.85. The molecule has 0 heterocycles. The van der Waals surface area contributed by atoms with E-state index in [9.17, 15) is 24.4 Å². The molecule has 0 bridgehead atoms. The van der Waals surface area contributed by atoms with Crippen molar-refractivity contribution in [3.05, 3.63) is 39.7 Å². The highest BCUT2D eigenvalue weighted by molar-refractivity contribution is 5.94. The molecule has 0 radical (unpaired) electrons. The molecular weight excluding hydrogens is 279 g/mol. The highest BCUT2D eigenvalue weighted by atomic mass is 19.1. The van der Waals surface area contributed by atoms with E-state index in [4.69, 9.17) is 0 Å². The van der Waals surface area contributed by atoms with E-state index in [0.29, 0.717) is 6.54 Å². The highest BCUT2D eigenvalue weighted by Crippen LogP contribution is 2.30. The minimum Gasteiger partial charge on any atom is -0.396 e. The summed E-state index contributed by atoms with van der Waals surface area (Å²) in [5.74, 6) is -0.987. The normalized spacial score (nSPS) is 21.2. The minimum absolute atomic E-state index is 0.0692. The van der Waals surface area contributed by atoms with E-state index in [1.165, 1.54) is 0 Å². The molecule has 114 valence electrons. The number of rotatable bonds is 5. The summed E-state index contributed by atoms with van der Waals surface area (Å²) in [4.78, 5) is 21.9. The monoisotopic (exact) mass is 296 g/mol. The van der Waals surface area contributed by atoms with Gasteiger partial charge in [-0.1, -0.05) is 6.42 Å². The van der Waals surface area contributed by atoms with Gasteiger partial charge in [-0.15, -0.1) is 0 Å². The van der Waals surface area contributed by atoms with Crippen molar-refractivity contribution in [2.75, 3.05) is 13.2 Å². The van der Waals surface area contributed by atoms with Crippen LogP contribution in [0.15, 0.2) is 18.2 Å². The standard InChI is InChI=1S/C14H17FN2O4/c15-12-4-11(5-13(6-12)17(20)21)14(19)16-7-9-2-1-3-10(9)8-18/h4-6,9-10,18H,1-3,7-8H2,(H,16,19). The van der Waals surface area contributed by atoms with Gasteiger partial charge >= 0.3 is 0 Å². The van der Waals surface area contributed by atoms with Crippen molar-refractivity contribution in [2.24, 2.45) is 11.8 Å². The Morgan fingerprint density at radius 3 is 2.76 bits per heavy atom. The first-order chi connectivity index (χ1) is 10.0. The largest absolute Gasteiger partial charge is 0.396 e. The van der Waals surface area contributed by atoms with Crippen LogP contribution in [0.25, 0.3) is 0 Å². The second-order valence-electron chi connectivity index (χ2n) is 5.30. The molecule has 2 atom stereocenters. The van der Waals surface area contributed by atoms with E-state index in [2.05, 4.69) is 5.32 Å². The van der Waals surface area contributed by atoms with Crippen LogP contribution < -0.4 is 5.32 Å². The van der Waals surface area contributed by atoms with Gasteiger partial charge in [-0.05, 0) is 30.7 Å². The second-order valence-corrected chi connectivity index (χ2v) is 5.30. The van der Waals surface area contributed by atoms with Crippen molar-refractivity contribution in [2.45, 2.75) is 19.3 Å². The first-order valence-corrected chi connectivity index (χ1v) is 6.85. The van der Waals surface area contributed by atoms with Gasteiger partial charge in [0.05, 0.1) is 11.0 Å². The lowest BCUT2D eigenvalue weighted by atomic mass is 9.97. The fourth-order valence-corrected chi connectivity index (χ4v) is 2.76. The Hall–Kier alpha value is -2.02. The Morgan fingerprint density at radius 2 is 2.10 bits per heavy atom. The topological polar surface area (TPSA) is 92.5 Å². The molecule has 1 aromatic rings. The maximum atomic E-state index is 13.3. The SMILES string of the molecule is O=C(NCC1CCCC1CO)c1cc(F)cc([N+](=O)[O-])c1. The van der Waals surface area contributed by atoms with Crippen LogP contribution in [0.5, 0.6) is 0 Å². The zero-order valence-electron chi connectivity index (χ0n) is 11.4. The summed E-state index contributed by atoms with van der Waals surface area (Å²) in [7, 11) is 0. The summed E-state index contributed by atoms with van der Waals surface area (Å²) >= 11 is 0. The first kappa shape index (κ1) is 15.4. The number of carbonyl (C=O) groups is 1. The van der Waals surface area contributed by atoms with E-state index in [-0.39, 0.29) is 24.0 Å². The molecule has 1 amide bonds. The molecule has 2 N–H and O–H groups in total. The molecule has 7 heteroatoms. The average Bonchev–Trinajstić information content (AvgIpc) is 2.91. The lowest BCUT2D eigenvalue weighted by Crippen LogP contribution is -2.31. The van der Waals surface area contributed by atoms with Crippen LogP contribution in [0.3, 0.4) is 0 Å². The van der Waals surface area contributed by atoms with E-state index in [0.717, 1.165) is 37.5 Å². The van der Waals surface area contributed by atoms with Crippen LogP contribution in [0.1, 0.15) is 29.6 Å². The number of non-ortho nitro benzene ring substituents is 1. The molecule has 1 aromatic carbocycles. The average molecular weight is 296 g/mol. The Labute approximate surface area is 121 Å². The number of aliphatic hydroxyl groups is 1. The molecule has 0 aromatic heterocycles. The number of amides is 1. The van der Waals surface area contributed by atoms with Gasteiger partial charge < -0.3 is 10.4 Å². The number of hydrogen-bond donors (Lipinski definition) is 2. The van der Waals surface area contributed by atoms with Gasteiger partial charge in [0.1, 0.15) is 5.82 Å². The zero-order valence-corrected chi connectivity index (χ0v) is 11.4. The Kier molecular flexibility index (Phi) is 4.85. The minimum atomic E-state index is -0.816. The van der Waals surface area contributed by atoms with Crippen molar-refractivity contribution < 1.29 is 19.2 Å². The van der Waals surface area contributed by atoms with Gasteiger partial charge in [0, 0.05) is 24.8 Å². The molecule has 1 aliphatic carbocycles. The molecule has 1 fully saturated rings. The molecule has 6 nitrogen and oxygen atoms in total. The van der Waals surface area contributed by atoms with Crippen LogP contribution in [0.2, 0.25) is 0 Å². The molecule has 0 spiro atoms. The number of nitrogens with one attached hydrogen (secondary N) is 1. The third kappa shape index (κ3) is 3.75. The molecule has 0 saturated heterocycles. The van der Waals surface area contributed by atoms with Crippen LogP contribution in [-0.2, 0) is 0 Å². The van der Waals surface area contributed by atoms with Gasteiger partial charge in [0.25, 0.3) is 11.6 Å². The van der Waals surface area contributed by atoms with Crippen molar-refractivity contribution in [1.82, 2.24) is 5.32 Å². The van der Waals surface area contributed by atoms with Crippen molar-refractivity contribution in [3.8, 4) is 0 Å². The lowest BCUT2D eigenvalue weighted by molar-refractivity contribution is -0.385. The molecule has 1 aliphatic rings. The predicted molar refractivity (Wildman–Crippen MR) is 73.3 cm³/mol. The maximum absolute atomic E-state index is 13.3. The molecule has 2 rings (SSSR count). The fourth-order valence-electron chi connectivity index (χ4n) is 2.76. The number of carbonyl (C=O) groups excluding carboxylic acids is 1. The summed E-state index contributed by atoms with van der Waals surface area (Å²) < 4.78 is 13.3. The number of nitrogens with zero attached hydrogens (tertiary/aromatic N) is 1. The van der Waals surface area contributed by atoms with E-state index in [1.54, 1.807) is 0 Å². The van der Waals surface area contributed by atoms with Crippen LogP contribution in [0.4, 0.5) is 10.1 Å². The summed E-state index contributed by atoms with van der Waals surface area (Å²) in [6, 6.07) is 2.80. The predicted octanol–water partition coefficient (Wildman–Crippen LogP) is 1.87. The van der Waals surface area contributed by atoms with E-state index >= 15 is 0 Å². The van der Waals surface area contributed by atoms with Crippen LogP contribution in [0, 0.1) is 27.8 Å². The second kappa shape index (κ2) is 6.62. The summed E-state index contributed by atoms with van der Waals surface area (Å²) in [6.07, 6.45) is 2.87. The van der Waals surface area contributed by atoms with Gasteiger partial charge in [-0.2, -0.15) is 0 Å². The van der Waals surface area contributed by atoms with Crippen molar-refractivity contribution >= 4 is 11.6 Å². The number of aliphatic hydroxyl groups excluding tert-OH is 1. The zero-order chi connectivity index (χ0) is 15.4. The van der Waals surface area contributed by atoms with Crippen LogP contribution in [-0.4, -0.2) is 29.1 Å². The summed E-state index contributed by atoms with van der Waals surface area (Å²) in [6.45, 7) is 0.473. The number of halogens is 1. The molecule has 21 heavy (non-hydrogen) atoms. The molecule has 1 saturated carbocycles. The van der Waals surface area contributed by atoms with Gasteiger partial charge in [0.15, 0.2) is 0 Å². The quantitative estimate of drug-likeness (QED) is 0.641. The lowest BCUT2D eigenvalue weighted by Gasteiger charge is -2.17. The van der Waals surface area contributed by atoms with E-state index < -0.39 is 22.3 Å². The molecule has 2 unspecified atom stereocenters. The third-order valence-corrected chi connectivity index (χ3v) is 3.93. The molecular formula is C14H17FN2O4. The van der Waals surface area contributed by atoms with Crippen molar-refractivity contribution in [3.63, 3.8) is 0 Å². The fraction of sp³-hybridized carbons (Fsp3) is 0.500. The van der Waals surface area contributed by atoms with E-state index in [1.807, 2.05) is 0 Å². The Morgan fingerprint density at radius 1 is 1.38 bits per heavy atom. The van der Waals surface area contributed by atoms with Gasteiger partial charge in [-0.3, -0.25) is 14.9 Å². The third-order valence-electron chi connectivity index (χ3n) is 3.93. The number of nitro groups is 1. The number of hydrogen-bond acceptors (Lipinski definition) is 4. The highest BCUT2D eigenvalue weighted by Gasteiger charge is 2.27. The maximum Gasteiger partial charge on any atom is 0.273 e. The summed E-state index contributed by atoms with van der Waals surface area (Å²) in [5, 5.41) is 22.5. The number of benzene rings is 1. The van der Waals surface area contributed by atoms with Gasteiger partial charge in [0.2, 0.25) is 0 Å². The Balaban J connectivity index is 2.02. The Bertz CT molecular complexity index is 550.